The number of benzene rings is 1. The Bertz CT molecular complexity index is 1220. The fraction of sp³-hybridized carbons (Fsp3) is 0.536. The van der Waals surface area contributed by atoms with E-state index in [0.717, 1.165) is 21.7 Å². The van der Waals surface area contributed by atoms with E-state index in [-0.39, 0.29) is 38.0 Å². The molecule has 4 N–H and O–H groups in total. The topological polar surface area (TPSA) is 152 Å². The molecule has 40 heavy (non-hydrogen) atoms. The standard InChI is InChI=1S/C28H39N5O6S/c1-16(18-7-9-19(10-8-18)24-17(2)29-15-40-24)30-26(38)21-11-20(34)12-33(21)27(39)25(28(3,4)5)31-22(35)13-32(6)14-23(36)37/h7-10,15-16,20-21,25,34H,11-14H2,1-6H3,(H,30,38)(H,31,35)(H,36,37)/t16-,20+,21-,25+/m0/s1. The fourth-order valence-electron chi connectivity index (χ4n) is 4.75. The first-order valence-electron chi connectivity index (χ1n) is 13.2. The van der Waals surface area contributed by atoms with Gasteiger partial charge in [-0.1, -0.05) is 45.0 Å². The Kier molecular flexibility index (Phi) is 10.0. The van der Waals surface area contributed by atoms with Gasteiger partial charge in [0, 0.05) is 13.0 Å². The maximum atomic E-state index is 13.7. The van der Waals surface area contributed by atoms with Gasteiger partial charge in [0.15, 0.2) is 0 Å². The number of β-amino-alcohol motifs (C(OH)–C–C–N with tert-alkyl or cyclic N) is 1. The van der Waals surface area contributed by atoms with Crippen LogP contribution in [-0.4, -0.2) is 93.6 Å². The molecule has 1 aliphatic rings. The van der Waals surface area contributed by atoms with Crippen LogP contribution < -0.4 is 10.6 Å². The van der Waals surface area contributed by atoms with Gasteiger partial charge >= 0.3 is 5.97 Å². The molecule has 1 aromatic carbocycles. The van der Waals surface area contributed by atoms with E-state index in [4.69, 9.17) is 5.11 Å². The van der Waals surface area contributed by atoms with Crippen molar-refractivity contribution in [3.63, 3.8) is 0 Å². The molecule has 3 amide bonds. The highest BCUT2D eigenvalue weighted by Gasteiger charge is 2.44. The summed E-state index contributed by atoms with van der Waals surface area (Å²) < 4.78 is 0. The van der Waals surface area contributed by atoms with E-state index >= 15 is 0 Å². The smallest absolute Gasteiger partial charge is 0.317 e. The van der Waals surface area contributed by atoms with Gasteiger partial charge in [0.05, 0.1) is 41.3 Å². The number of amides is 3. The number of likely N-dealkylation sites (tertiary alicyclic amines) is 1. The van der Waals surface area contributed by atoms with Crippen LogP contribution in [0, 0.1) is 12.3 Å². The van der Waals surface area contributed by atoms with Crippen LogP contribution in [0.2, 0.25) is 0 Å². The van der Waals surface area contributed by atoms with E-state index in [0.29, 0.717) is 0 Å². The van der Waals surface area contributed by atoms with Crippen LogP contribution in [0.4, 0.5) is 0 Å². The zero-order chi connectivity index (χ0) is 29.8. The van der Waals surface area contributed by atoms with Gasteiger partial charge in [0.1, 0.15) is 12.1 Å². The van der Waals surface area contributed by atoms with Crippen molar-refractivity contribution in [1.29, 1.82) is 0 Å². The van der Waals surface area contributed by atoms with Crippen molar-refractivity contribution < 1.29 is 29.4 Å². The SMILES string of the molecule is Cc1ncsc1-c1ccc([C@H](C)NC(=O)[C@@H]2C[C@@H](O)CN2C(=O)[C@@H](NC(=O)CN(C)CC(=O)O)C(C)(C)C)cc1. The first-order valence-corrected chi connectivity index (χ1v) is 14.0. The third-order valence-corrected chi connectivity index (χ3v) is 7.86. The van der Waals surface area contributed by atoms with Gasteiger partial charge in [-0.2, -0.15) is 0 Å². The van der Waals surface area contributed by atoms with E-state index in [1.807, 2.05) is 38.1 Å². The Morgan fingerprint density at radius 2 is 1.80 bits per heavy atom. The van der Waals surface area contributed by atoms with E-state index in [2.05, 4.69) is 15.6 Å². The average Bonchev–Trinajstić information content (AvgIpc) is 3.46. The maximum absolute atomic E-state index is 13.7. The number of hydrogen-bond donors (Lipinski definition) is 4. The molecule has 11 nitrogen and oxygen atoms in total. The minimum Gasteiger partial charge on any atom is -0.480 e. The zero-order valence-corrected chi connectivity index (χ0v) is 24.6. The van der Waals surface area contributed by atoms with Crippen molar-refractivity contribution in [2.24, 2.45) is 5.41 Å². The number of carbonyl (C=O) groups excluding carboxylic acids is 3. The molecule has 1 aliphatic heterocycles. The van der Waals surface area contributed by atoms with Crippen LogP contribution in [0.3, 0.4) is 0 Å². The highest BCUT2D eigenvalue weighted by Crippen LogP contribution is 2.29. The number of carboxylic acids is 1. The number of carbonyl (C=O) groups is 4. The number of rotatable bonds is 10. The number of aromatic nitrogens is 1. The van der Waals surface area contributed by atoms with E-state index in [1.165, 1.54) is 16.8 Å². The highest BCUT2D eigenvalue weighted by atomic mass is 32.1. The Morgan fingerprint density at radius 3 is 2.35 bits per heavy atom. The van der Waals surface area contributed by atoms with Gasteiger partial charge in [0.2, 0.25) is 17.7 Å². The predicted octanol–water partition coefficient (Wildman–Crippen LogP) is 1.80. The summed E-state index contributed by atoms with van der Waals surface area (Å²) in [7, 11) is 1.49. The van der Waals surface area contributed by atoms with Crippen LogP contribution in [0.25, 0.3) is 10.4 Å². The summed E-state index contributed by atoms with van der Waals surface area (Å²) in [6.07, 6.45) is -0.796. The van der Waals surface area contributed by atoms with Gasteiger partial charge in [0.25, 0.3) is 0 Å². The van der Waals surface area contributed by atoms with Crippen molar-refractivity contribution >= 4 is 35.0 Å². The molecule has 0 unspecified atom stereocenters. The van der Waals surface area contributed by atoms with Crippen molar-refractivity contribution in [2.75, 3.05) is 26.7 Å². The number of carboxylic acid groups (broad SMARTS) is 1. The van der Waals surface area contributed by atoms with Gasteiger partial charge in [-0.05, 0) is 37.4 Å². The summed E-state index contributed by atoms with van der Waals surface area (Å²) in [6.45, 7) is 8.61. The molecule has 0 saturated carbocycles. The third kappa shape index (κ3) is 7.86. The van der Waals surface area contributed by atoms with Crippen molar-refractivity contribution in [1.82, 2.24) is 25.4 Å². The lowest BCUT2D eigenvalue weighted by atomic mass is 9.85. The number of aliphatic hydroxyl groups is 1. The quantitative estimate of drug-likeness (QED) is 0.336. The number of aryl methyl sites for hydroxylation is 1. The third-order valence-electron chi connectivity index (χ3n) is 6.88. The number of aliphatic hydroxyl groups excluding tert-OH is 1. The molecule has 0 radical (unpaired) electrons. The van der Waals surface area contributed by atoms with Crippen LogP contribution in [0.1, 0.15) is 51.4 Å². The molecule has 1 fully saturated rings. The lowest BCUT2D eigenvalue weighted by Crippen LogP contribution is -2.58. The predicted molar refractivity (Wildman–Crippen MR) is 151 cm³/mol. The molecule has 0 bridgehead atoms. The second kappa shape index (κ2) is 12.9. The summed E-state index contributed by atoms with van der Waals surface area (Å²) in [5.41, 5.74) is 3.99. The lowest BCUT2D eigenvalue weighted by molar-refractivity contribution is -0.144. The van der Waals surface area contributed by atoms with Crippen molar-refractivity contribution in [3.05, 3.63) is 41.0 Å². The molecule has 1 saturated heterocycles. The monoisotopic (exact) mass is 573 g/mol. The Balaban J connectivity index is 1.70. The molecular weight excluding hydrogens is 534 g/mol. The maximum Gasteiger partial charge on any atom is 0.317 e. The molecule has 1 aromatic heterocycles. The van der Waals surface area contributed by atoms with E-state index < -0.39 is 41.4 Å². The first-order chi connectivity index (χ1) is 18.7. The van der Waals surface area contributed by atoms with Gasteiger partial charge in [-0.15, -0.1) is 11.3 Å². The summed E-state index contributed by atoms with van der Waals surface area (Å²) >= 11 is 1.57. The molecule has 218 valence electrons. The van der Waals surface area contributed by atoms with Gasteiger partial charge in [-0.25, -0.2) is 4.98 Å². The number of hydrogen-bond acceptors (Lipinski definition) is 8. The normalized spacial score (nSPS) is 18.9. The van der Waals surface area contributed by atoms with Crippen LogP contribution in [0.15, 0.2) is 29.8 Å². The molecule has 0 spiro atoms. The van der Waals surface area contributed by atoms with Crippen LogP contribution in [-0.2, 0) is 19.2 Å². The first kappa shape index (κ1) is 31.2. The average molecular weight is 574 g/mol. The Morgan fingerprint density at radius 1 is 1.15 bits per heavy atom. The molecule has 2 heterocycles. The second-order valence-corrected chi connectivity index (χ2v) is 12.3. The molecule has 3 rings (SSSR count). The van der Waals surface area contributed by atoms with E-state index in [9.17, 15) is 24.3 Å². The van der Waals surface area contributed by atoms with Crippen molar-refractivity contribution in [2.45, 2.75) is 65.3 Å². The summed E-state index contributed by atoms with van der Waals surface area (Å²) in [4.78, 5) is 58.7. The fourth-order valence-corrected chi connectivity index (χ4v) is 5.57. The number of aliphatic carboxylic acids is 1. The van der Waals surface area contributed by atoms with Gasteiger partial charge in [-0.3, -0.25) is 24.1 Å². The largest absolute Gasteiger partial charge is 0.480 e. The second-order valence-electron chi connectivity index (χ2n) is 11.4. The molecule has 0 aliphatic carbocycles. The number of likely N-dealkylation sites (N-methyl/N-ethyl adjacent to an activating group) is 1. The number of thiazole rings is 1. The number of nitrogens with zero attached hydrogens (tertiary/aromatic N) is 3. The summed E-state index contributed by atoms with van der Waals surface area (Å²) in [5, 5.41) is 25.0. The molecule has 12 heteroatoms. The summed E-state index contributed by atoms with van der Waals surface area (Å²) in [5.74, 6) is -2.45. The Labute approximate surface area is 238 Å². The summed E-state index contributed by atoms with van der Waals surface area (Å²) in [6, 6.07) is 5.62. The molecular formula is C28H39N5O6S. The molecule has 2 aromatic rings. The minimum atomic E-state index is -1.07. The number of nitrogens with one attached hydrogen (secondary N) is 2. The molecule has 4 atom stereocenters. The van der Waals surface area contributed by atoms with Crippen LogP contribution in [0.5, 0.6) is 0 Å². The Hall–Kier alpha value is -3.35. The highest BCUT2D eigenvalue weighted by molar-refractivity contribution is 7.13. The lowest BCUT2D eigenvalue weighted by Gasteiger charge is -2.35. The van der Waals surface area contributed by atoms with Gasteiger partial charge < -0.3 is 25.7 Å². The van der Waals surface area contributed by atoms with Crippen molar-refractivity contribution in [3.8, 4) is 10.4 Å². The van der Waals surface area contributed by atoms with E-state index in [1.54, 1.807) is 37.6 Å². The zero-order valence-electron chi connectivity index (χ0n) is 23.8. The minimum absolute atomic E-state index is 0.0322. The van der Waals surface area contributed by atoms with Crippen LogP contribution >= 0.6 is 11.3 Å².